The summed E-state index contributed by atoms with van der Waals surface area (Å²) in [4.78, 5) is 5.35. The van der Waals surface area contributed by atoms with Crippen molar-refractivity contribution in [3.05, 3.63) is 152 Å². The third-order valence-corrected chi connectivity index (χ3v) is 8.80. The van der Waals surface area contributed by atoms with Gasteiger partial charge in [0.2, 0.25) is 0 Å². The van der Waals surface area contributed by atoms with E-state index in [2.05, 4.69) is 152 Å². The number of rotatable bonds is 2. The van der Waals surface area contributed by atoms with Crippen molar-refractivity contribution in [3.8, 4) is 22.3 Å². The van der Waals surface area contributed by atoms with E-state index >= 15 is 0 Å². The molecule has 0 aliphatic rings. The van der Waals surface area contributed by atoms with Crippen LogP contribution in [0, 0.1) is 0 Å². The molecule has 0 amide bonds. The Bertz CT molecular complexity index is 2360. The van der Waals surface area contributed by atoms with Crippen molar-refractivity contribution in [2.45, 2.75) is 0 Å². The zero-order valence-electron chi connectivity index (χ0n) is 22.9. The second-order valence-corrected chi connectivity index (χ2v) is 11.1. The molecule has 194 valence electrons. The molecule has 1 heteroatoms. The maximum absolute atomic E-state index is 5.35. The molecule has 0 unspecified atom stereocenters. The summed E-state index contributed by atoms with van der Waals surface area (Å²) < 4.78 is 0. The zero-order valence-corrected chi connectivity index (χ0v) is 22.9. The van der Waals surface area contributed by atoms with Gasteiger partial charge in [0.25, 0.3) is 0 Å². The van der Waals surface area contributed by atoms with Gasteiger partial charge in [0, 0.05) is 27.1 Å². The van der Waals surface area contributed by atoms with Crippen LogP contribution in [0.15, 0.2) is 152 Å². The molecule has 0 bridgehead atoms. The van der Waals surface area contributed by atoms with Crippen molar-refractivity contribution in [3.63, 3.8) is 0 Å². The molecule has 1 heterocycles. The SMILES string of the molecule is c1ccc2c(-c3ccc(-c4c5ccc6ccccc6c5nc5c4ccc4ccccc45)cc3)c3ccccc3cc2c1. The first-order valence-electron chi connectivity index (χ1n) is 14.5. The fourth-order valence-corrected chi connectivity index (χ4v) is 6.85. The molecule has 0 N–H and O–H groups in total. The van der Waals surface area contributed by atoms with E-state index in [0.717, 1.165) is 11.0 Å². The highest BCUT2D eigenvalue weighted by molar-refractivity contribution is 6.21. The van der Waals surface area contributed by atoms with Gasteiger partial charge in [-0.3, -0.25) is 0 Å². The number of hydrogen-bond donors (Lipinski definition) is 0. The van der Waals surface area contributed by atoms with Crippen LogP contribution in [0.5, 0.6) is 0 Å². The summed E-state index contributed by atoms with van der Waals surface area (Å²) in [7, 11) is 0. The summed E-state index contributed by atoms with van der Waals surface area (Å²) in [5, 5.41) is 12.2. The lowest BCUT2D eigenvalue weighted by atomic mass is 9.89. The summed E-state index contributed by atoms with van der Waals surface area (Å²) in [5.41, 5.74) is 7.06. The van der Waals surface area contributed by atoms with E-state index in [1.165, 1.54) is 76.1 Å². The standard InChI is InChI=1S/C41H25N/c1-7-15-34-26(9-1)21-23-36-39(37-24-22-27-10-2-8-16-35(27)41(37)42-40(34)36)29-19-17-28(18-20-29)38-32-13-5-3-11-30(32)25-31-12-4-6-14-33(31)38/h1-25H. The number of hydrogen-bond acceptors (Lipinski definition) is 1. The maximum Gasteiger partial charge on any atom is 0.0794 e. The van der Waals surface area contributed by atoms with Gasteiger partial charge in [0.05, 0.1) is 11.0 Å². The van der Waals surface area contributed by atoms with Crippen LogP contribution in [0.1, 0.15) is 0 Å². The van der Waals surface area contributed by atoms with E-state index in [1.54, 1.807) is 0 Å². The smallest absolute Gasteiger partial charge is 0.0794 e. The summed E-state index contributed by atoms with van der Waals surface area (Å²) >= 11 is 0. The van der Waals surface area contributed by atoms with E-state index in [4.69, 9.17) is 4.98 Å². The molecule has 0 aliphatic carbocycles. The van der Waals surface area contributed by atoms with Gasteiger partial charge in [-0.05, 0) is 55.1 Å². The molecule has 8 aromatic carbocycles. The van der Waals surface area contributed by atoms with Crippen LogP contribution in [0.25, 0.3) is 87.1 Å². The Morgan fingerprint density at radius 2 is 0.667 bits per heavy atom. The molecule has 9 aromatic rings. The first-order chi connectivity index (χ1) is 20.8. The van der Waals surface area contributed by atoms with Crippen LogP contribution >= 0.6 is 0 Å². The van der Waals surface area contributed by atoms with Gasteiger partial charge in [0.1, 0.15) is 0 Å². The Morgan fingerprint density at radius 1 is 0.286 bits per heavy atom. The largest absolute Gasteiger partial charge is 0.246 e. The first-order valence-corrected chi connectivity index (χ1v) is 14.5. The predicted molar refractivity (Wildman–Crippen MR) is 180 cm³/mol. The molecular weight excluding hydrogens is 506 g/mol. The van der Waals surface area contributed by atoms with Crippen molar-refractivity contribution in [2.24, 2.45) is 0 Å². The summed E-state index contributed by atoms with van der Waals surface area (Å²) in [6, 6.07) is 55.0. The van der Waals surface area contributed by atoms with E-state index in [1.807, 2.05) is 0 Å². The van der Waals surface area contributed by atoms with Gasteiger partial charge in [0.15, 0.2) is 0 Å². The zero-order chi connectivity index (χ0) is 27.6. The van der Waals surface area contributed by atoms with Crippen LogP contribution < -0.4 is 0 Å². The predicted octanol–water partition coefficient (Wildman–Crippen LogP) is 11.3. The number of fused-ring (bicyclic) bond motifs is 8. The van der Waals surface area contributed by atoms with Crippen LogP contribution in [-0.2, 0) is 0 Å². The number of aromatic nitrogens is 1. The minimum absolute atomic E-state index is 1.05. The highest BCUT2D eigenvalue weighted by Crippen LogP contribution is 2.42. The topological polar surface area (TPSA) is 12.9 Å². The molecule has 0 saturated carbocycles. The van der Waals surface area contributed by atoms with Gasteiger partial charge in [-0.25, -0.2) is 4.98 Å². The quantitative estimate of drug-likeness (QED) is 0.160. The Morgan fingerprint density at radius 3 is 1.14 bits per heavy atom. The van der Waals surface area contributed by atoms with Crippen molar-refractivity contribution in [1.82, 2.24) is 4.98 Å². The Kier molecular flexibility index (Phi) is 4.97. The van der Waals surface area contributed by atoms with Crippen molar-refractivity contribution in [2.75, 3.05) is 0 Å². The van der Waals surface area contributed by atoms with Crippen LogP contribution in [0.4, 0.5) is 0 Å². The molecule has 9 rings (SSSR count). The third-order valence-electron chi connectivity index (χ3n) is 8.80. The fourth-order valence-electron chi connectivity index (χ4n) is 6.85. The normalized spacial score (nSPS) is 11.8. The molecule has 0 atom stereocenters. The molecule has 42 heavy (non-hydrogen) atoms. The van der Waals surface area contributed by atoms with Gasteiger partial charge in [-0.1, -0.05) is 146 Å². The average molecular weight is 532 g/mol. The number of benzene rings is 8. The third kappa shape index (κ3) is 3.41. The Hall–Kier alpha value is -5.53. The molecule has 0 radical (unpaired) electrons. The van der Waals surface area contributed by atoms with E-state index < -0.39 is 0 Å². The van der Waals surface area contributed by atoms with Gasteiger partial charge in [-0.15, -0.1) is 0 Å². The van der Waals surface area contributed by atoms with E-state index in [-0.39, 0.29) is 0 Å². The van der Waals surface area contributed by atoms with Gasteiger partial charge >= 0.3 is 0 Å². The average Bonchev–Trinajstić information content (AvgIpc) is 3.06. The van der Waals surface area contributed by atoms with E-state index in [9.17, 15) is 0 Å². The molecule has 0 aliphatic heterocycles. The number of nitrogens with zero attached hydrogens (tertiary/aromatic N) is 1. The second-order valence-electron chi connectivity index (χ2n) is 11.1. The lowest BCUT2D eigenvalue weighted by Gasteiger charge is -2.16. The molecule has 0 saturated heterocycles. The highest BCUT2D eigenvalue weighted by Gasteiger charge is 2.16. The maximum atomic E-state index is 5.35. The lowest BCUT2D eigenvalue weighted by Crippen LogP contribution is -1.92. The summed E-state index contributed by atoms with van der Waals surface area (Å²) in [5.74, 6) is 0. The van der Waals surface area contributed by atoms with Crippen LogP contribution in [0.2, 0.25) is 0 Å². The molecule has 1 aromatic heterocycles. The molecule has 0 fully saturated rings. The molecular formula is C41H25N. The van der Waals surface area contributed by atoms with Crippen LogP contribution in [0.3, 0.4) is 0 Å². The van der Waals surface area contributed by atoms with E-state index in [0.29, 0.717) is 0 Å². The Balaban J connectivity index is 1.35. The first kappa shape index (κ1) is 23.2. The Labute approximate surface area is 243 Å². The number of pyridine rings is 1. The lowest BCUT2D eigenvalue weighted by molar-refractivity contribution is 1.53. The second kappa shape index (κ2) is 8.99. The van der Waals surface area contributed by atoms with Gasteiger partial charge in [-0.2, -0.15) is 0 Å². The minimum Gasteiger partial charge on any atom is -0.246 e. The van der Waals surface area contributed by atoms with Gasteiger partial charge < -0.3 is 0 Å². The summed E-state index contributed by atoms with van der Waals surface area (Å²) in [6.07, 6.45) is 0. The molecule has 0 spiro atoms. The molecule has 1 nitrogen and oxygen atoms in total. The minimum atomic E-state index is 1.05. The van der Waals surface area contributed by atoms with Crippen molar-refractivity contribution >= 4 is 64.9 Å². The van der Waals surface area contributed by atoms with Crippen LogP contribution in [-0.4, -0.2) is 4.98 Å². The summed E-state index contributed by atoms with van der Waals surface area (Å²) in [6.45, 7) is 0. The monoisotopic (exact) mass is 531 g/mol. The van der Waals surface area contributed by atoms with Crippen molar-refractivity contribution < 1.29 is 0 Å². The highest BCUT2D eigenvalue weighted by atomic mass is 14.7. The van der Waals surface area contributed by atoms with Crippen molar-refractivity contribution in [1.29, 1.82) is 0 Å². The fraction of sp³-hybridized carbons (Fsp3) is 0.